The molecule has 0 unspecified atom stereocenters. The van der Waals surface area contributed by atoms with Gasteiger partial charge in [0.15, 0.2) is 0 Å². The Morgan fingerprint density at radius 1 is 1.03 bits per heavy atom. The van der Waals surface area contributed by atoms with E-state index in [0.29, 0.717) is 17.4 Å². The second-order valence-electron chi connectivity index (χ2n) is 7.58. The lowest BCUT2D eigenvalue weighted by atomic mass is 10.1. The standard InChI is InChI=1S/C24H22ClN5O3/c1-28-14-12-26-23(28)22(18-7-9-19(25)10-8-18)27-20(31)16-30-21(32)11-13-29(24(30)33)15-17-5-3-2-4-6-17/h2-14,22H,15-16H2,1H3,(H,27,31)/t22-/m0/s1. The van der Waals surface area contributed by atoms with Crippen molar-refractivity contribution >= 4 is 17.5 Å². The number of amides is 1. The van der Waals surface area contributed by atoms with Gasteiger partial charge in [0, 0.05) is 36.7 Å². The predicted molar refractivity (Wildman–Crippen MR) is 125 cm³/mol. The number of carbonyl (C=O) groups is 1. The van der Waals surface area contributed by atoms with E-state index in [1.165, 1.54) is 16.8 Å². The van der Waals surface area contributed by atoms with E-state index in [4.69, 9.17) is 11.6 Å². The number of carbonyl (C=O) groups excluding carboxylic acids is 1. The van der Waals surface area contributed by atoms with E-state index in [9.17, 15) is 14.4 Å². The lowest BCUT2D eigenvalue weighted by Gasteiger charge is -2.19. The molecule has 2 aromatic carbocycles. The molecule has 33 heavy (non-hydrogen) atoms. The van der Waals surface area contributed by atoms with Crippen LogP contribution in [0.5, 0.6) is 0 Å². The van der Waals surface area contributed by atoms with Crippen LogP contribution in [0.1, 0.15) is 23.0 Å². The summed E-state index contributed by atoms with van der Waals surface area (Å²) in [6.07, 6.45) is 4.85. The van der Waals surface area contributed by atoms with Crippen molar-refractivity contribution in [2.45, 2.75) is 19.1 Å². The van der Waals surface area contributed by atoms with Gasteiger partial charge in [-0.2, -0.15) is 0 Å². The highest BCUT2D eigenvalue weighted by Crippen LogP contribution is 2.22. The first-order chi connectivity index (χ1) is 15.9. The molecule has 0 aliphatic carbocycles. The molecule has 1 N–H and O–H groups in total. The van der Waals surface area contributed by atoms with Gasteiger partial charge in [0.05, 0.1) is 6.54 Å². The highest BCUT2D eigenvalue weighted by atomic mass is 35.5. The Kier molecular flexibility index (Phi) is 6.55. The van der Waals surface area contributed by atoms with Gasteiger partial charge in [-0.05, 0) is 23.3 Å². The SMILES string of the molecule is Cn1ccnc1[C@@H](NC(=O)Cn1c(=O)ccn(Cc2ccccc2)c1=O)c1ccc(Cl)cc1. The lowest BCUT2D eigenvalue weighted by Crippen LogP contribution is -2.44. The van der Waals surface area contributed by atoms with Gasteiger partial charge >= 0.3 is 5.69 Å². The molecule has 4 rings (SSSR count). The minimum absolute atomic E-state index is 0.294. The van der Waals surface area contributed by atoms with Crippen LogP contribution in [-0.4, -0.2) is 24.6 Å². The highest BCUT2D eigenvalue weighted by Gasteiger charge is 2.21. The van der Waals surface area contributed by atoms with Crippen LogP contribution in [0.25, 0.3) is 0 Å². The van der Waals surface area contributed by atoms with Gasteiger partial charge in [-0.1, -0.05) is 54.1 Å². The molecule has 0 fully saturated rings. The first-order valence-corrected chi connectivity index (χ1v) is 10.7. The second kappa shape index (κ2) is 9.70. The van der Waals surface area contributed by atoms with Crippen molar-refractivity contribution in [1.29, 1.82) is 0 Å². The number of benzene rings is 2. The van der Waals surface area contributed by atoms with Crippen LogP contribution in [0.4, 0.5) is 0 Å². The third-order valence-electron chi connectivity index (χ3n) is 5.26. The summed E-state index contributed by atoms with van der Waals surface area (Å²) in [5, 5.41) is 3.46. The van der Waals surface area contributed by atoms with E-state index in [0.717, 1.165) is 15.7 Å². The molecule has 0 bridgehead atoms. The number of hydrogen-bond donors (Lipinski definition) is 1. The number of imidazole rings is 1. The molecule has 0 aliphatic rings. The van der Waals surface area contributed by atoms with E-state index in [-0.39, 0.29) is 0 Å². The van der Waals surface area contributed by atoms with Crippen LogP contribution in [0, 0.1) is 0 Å². The molecule has 0 aliphatic heterocycles. The van der Waals surface area contributed by atoms with Gasteiger partial charge in [-0.25, -0.2) is 9.78 Å². The van der Waals surface area contributed by atoms with Gasteiger partial charge in [0.1, 0.15) is 18.4 Å². The second-order valence-corrected chi connectivity index (χ2v) is 8.02. The highest BCUT2D eigenvalue weighted by molar-refractivity contribution is 6.30. The number of halogens is 1. The summed E-state index contributed by atoms with van der Waals surface area (Å²) in [5.74, 6) is 0.113. The van der Waals surface area contributed by atoms with Crippen molar-refractivity contribution in [3.8, 4) is 0 Å². The monoisotopic (exact) mass is 463 g/mol. The summed E-state index contributed by atoms with van der Waals surface area (Å²) in [6, 6.07) is 17.1. The van der Waals surface area contributed by atoms with Crippen molar-refractivity contribution in [3.05, 3.63) is 122 Å². The van der Waals surface area contributed by atoms with Crippen molar-refractivity contribution in [2.24, 2.45) is 7.05 Å². The Morgan fingerprint density at radius 2 is 1.76 bits per heavy atom. The van der Waals surface area contributed by atoms with Crippen LogP contribution in [-0.2, 0) is 24.9 Å². The van der Waals surface area contributed by atoms with Crippen LogP contribution in [0.15, 0.2) is 88.8 Å². The van der Waals surface area contributed by atoms with Crippen molar-refractivity contribution < 1.29 is 4.79 Å². The third kappa shape index (κ3) is 5.12. The van der Waals surface area contributed by atoms with Gasteiger partial charge in [-0.3, -0.25) is 18.7 Å². The Balaban J connectivity index is 1.60. The first-order valence-electron chi connectivity index (χ1n) is 10.3. The zero-order chi connectivity index (χ0) is 23.4. The average Bonchev–Trinajstić information content (AvgIpc) is 3.24. The molecule has 0 spiro atoms. The molecule has 4 aromatic rings. The van der Waals surface area contributed by atoms with Crippen LogP contribution < -0.4 is 16.6 Å². The van der Waals surface area contributed by atoms with Crippen LogP contribution in [0.3, 0.4) is 0 Å². The quantitative estimate of drug-likeness (QED) is 0.455. The van der Waals surface area contributed by atoms with E-state index in [1.54, 1.807) is 41.2 Å². The fourth-order valence-electron chi connectivity index (χ4n) is 3.56. The molecule has 1 atom stereocenters. The fraction of sp³-hybridized carbons (Fsp3) is 0.167. The topological polar surface area (TPSA) is 90.9 Å². The molecule has 9 heteroatoms. The maximum Gasteiger partial charge on any atom is 0.331 e. The number of rotatable bonds is 7. The van der Waals surface area contributed by atoms with E-state index < -0.39 is 29.7 Å². The molecule has 168 valence electrons. The number of nitrogens with one attached hydrogen (secondary N) is 1. The summed E-state index contributed by atoms with van der Waals surface area (Å²) in [5.41, 5.74) is 0.580. The van der Waals surface area contributed by atoms with Crippen molar-refractivity contribution in [2.75, 3.05) is 0 Å². The van der Waals surface area contributed by atoms with E-state index in [2.05, 4.69) is 10.3 Å². The summed E-state index contributed by atoms with van der Waals surface area (Å²) in [4.78, 5) is 42.6. The summed E-state index contributed by atoms with van der Waals surface area (Å²) in [6.45, 7) is -0.121. The average molecular weight is 464 g/mol. The molecule has 0 radical (unpaired) electrons. The number of aryl methyl sites for hydroxylation is 1. The predicted octanol–water partition coefficient (Wildman–Crippen LogP) is 2.35. The Labute approximate surface area is 194 Å². The normalized spacial score (nSPS) is 11.8. The number of hydrogen-bond acceptors (Lipinski definition) is 4. The maximum atomic E-state index is 13.0. The van der Waals surface area contributed by atoms with Crippen LogP contribution in [0.2, 0.25) is 5.02 Å². The number of aromatic nitrogens is 4. The largest absolute Gasteiger partial charge is 0.341 e. The summed E-state index contributed by atoms with van der Waals surface area (Å²) in [7, 11) is 1.82. The molecule has 8 nitrogen and oxygen atoms in total. The molecule has 0 saturated heterocycles. The fourth-order valence-corrected chi connectivity index (χ4v) is 3.69. The maximum absolute atomic E-state index is 13.0. The molecule has 2 aromatic heterocycles. The molecular formula is C24H22ClN5O3. The Morgan fingerprint density at radius 3 is 2.42 bits per heavy atom. The zero-order valence-corrected chi connectivity index (χ0v) is 18.6. The van der Waals surface area contributed by atoms with E-state index >= 15 is 0 Å². The lowest BCUT2D eigenvalue weighted by molar-refractivity contribution is -0.122. The van der Waals surface area contributed by atoms with Gasteiger partial charge in [0.25, 0.3) is 5.56 Å². The summed E-state index contributed by atoms with van der Waals surface area (Å²) >= 11 is 6.01. The third-order valence-corrected chi connectivity index (χ3v) is 5.51. The first kappa shape index (κ1) is 22.3. The van der Waals surface area contributed by atoms with Gasteiger partial charge in [-0.15, -0.1) is 0 Å². The zero-order valence-electron chi connectivity index (χ0n) is 17.9. The molecular weight excluding hydrogens is 442 g/mol. The van der Waals surface area contributed by atoms with E-state index in [1.807, 2.05) is 37.4 Å². The van der Waals surface area contributed by atoms with Crippen molar-refractivity contribution in [3.63, 3.8) is 0 Å². The molecule has 0 saturated carbocycles. The van der Waals surface area contributed by atoms with Gasteiger partial charge < -0.3 is 9.88 Å². The number of nitrogens with zero attached hydrogens (tertiary/aromatic N) is 4. The van der Waals surface area contributed by atoms with Gasteiger partial charge in [0.2, 0.25) is 5.91 Å². The smallest absolute Gasteiger partial charge is 0.331 e. The Bertz CT molecular complexity index is 1370. The minimum Gasteiger partial charge on any atom is -0.341 e. The summed E-state index contributed by atoms with van der Waals surface area (Å²) < 4.78 is 4.12. The van der Waals surface area contributed by atoms with Crippen LogP contribution >= 0.6 is 11.6 Å². The Hall–Kier alpha value is -3.91. The minimum atomic E-state index is -0.583. The molecule has 1 amide bonds. The molecule has 2 heterocycles. The van der Waals surface area contributed by atoms with Crippen molar-refractivity contribution in [1.82, 2.24) is 24.0 Å².